The van der Waals surface area contributed by atoms with Crippen molar-refractivity contribution in [2.24, 2.45) is 0 Å². The van der Waals surface area contributed by atoms with Gasteiger partial charge in [0.15, 0.2) is 5.76 Å². The van der Waals surface area contributed by atoms with E-state index in [-0.39, 0.29) is 48.4 Å². The van der Waals surface area contributed by atoms with Crippen molar-refractivity contribution in [2.75, 3.05) is 13.1 Å². The van der Waals surface area contributed by atoms with Crippen LogP contribution >= 0.6 is 0 Å². The number of fused-ring (bicyclic) bond motifs is 2. The first-order valence-corrected chi connectivity index (χ1v) is 15.7. The molecular weight excluding hydrogens is 584 g/mol. The van der Waals surface area contributed by atoms with E-state index in [0.717, 1.165) is 38.6 Å². The molecule has 2 aromatic heterocycles. The number of aliphatic hydroxyl groups excluding tert-OH is 1. The van der Waals surface area contributed by atoms with E-state index in [9.17, 15) is 19.5 Å². The third kappa shape index (κ3) is 5.65. The number of allylic oxidation sites excluding steroid dienone is 1. The maximum Gasteiger partial charge on any atom is 0.326 e. The van der Waals surface area contributed by atoms with E-state index < -0.39 is 6.29 Å². The van der Waals surface area contributed by atoms with E-state index in [2.05, 4.69) is 4.98 Å². The number of para-hydroxylation sites is 3. The van der Waals surface area contributed by atoms with Crippen molar-refractivity contribution in [3.8, 4) is 0 Å². The number of carbonyl (C=O) groups excluding carboxylic acids is 2. The number of aromatic amines is 1. The number of carbonyl (C=O) groups is 2. The largest absolute Gasteiger partial charge is 0.459 e. The number of aromatic nitrogens is 3. The lowest BCUT2D eigenvalue weighted by molar-refractivity contribution is -0.156. The number of benzene rings is 3. The summed E-state index contributed by atoms with van der Waals surface area (Å²) in [6.45, 7) is 2.73. The van der Waals surface area contributed by atoms with Crippen molar-refractivity contribution in [1.29, 1.82) is 0 Å². The Morgan fingerprint density at radius 1 is 0.957 bits per heavy atom. The van der Waals surface area contributed by atoms with Crippen LogP contribution in [-0.2, 0) is 27.5 Å². The Morgan fingerprint density at radius 3 is 2.39 bits per heavy atom. The molecule has 46 heavy (non-hydrogen) atoms. The van der Waals surface area contributed by atoms with Crippen LogP contribution in [0.2, 0.25) is 0 Å². The van der Waals surface area contributed by atoms with Gasteiger partial charge in [0.2, 0.25) is 12.2 Å². The van der Waals surface area contributed by atoms with Crippen molar-refractivity contribution in [3.63, 3.8) is 0 Å². The fourth-order valence-corrected chi connectivity index (χ4v) is 6.74. The molecule has 0 radical (unpaired) electrons. The molecule has 2 unspecified atom stereocenters. The molecule has 0 bridgehead atoms. The highest BCUT2D eigenvalue weighted by Crippen LogP contribution is 2.37. The molecule has 0 spiro atoms. The fraction of sp³-hybridized carbons (Fsp3) is 0.306. The van der Waals surface area contributed by atoms with Crippen LogP contribution in [0.1, 0.15) is 59.6 Å². The van der Waals surface area contributed by atoms with E-state index in [1.165, 1.54) is 6.92 Å². The van der Waals surface area contributed by atoms with Gasteiger partial charge in [-0.1, -0.05) is 54.6 Å². The molecule has 236 valence electrons. The first-order chi connectivity index (χ1) is 22.4. The molecule has 1 amide bonds. The molecule has 10 nitrogen and oxygen atoms in total. The maximum absolute atomic E-state index is 14.0. The Balaban J connectivity index is 1.14. The van der Waals surface area contributed by atoms with Gasteiger partial charge in [-0.2, -0.15) is 0 Å². The van der Waals surface area contributed by atoms with Crippen LogP contribution < -0.4 is 5.69 Å². The third-order valence-electron chi connectivity index (χ3n) is 9.13. The summed E-state index contributed by atoms with van der Waals surface area (Å²) in [5.41, 5.74) is 5.01. The van der Waals surface area contributed by atoms with Gasteiger partial charge in [0.25, 0.3) is 5.91 Å². The summed E-state index contributed by atoms with van der Waals surface area (Å²) in [7, 11) is 0. The van der Waals surface area contributed by atoms with Crippen LogP contribution in [0.4, 0.5) is 0 Å². The van der Waals surface area contributed by atoms with Crippen LogP contribution in [-0.4, -0.2) is 55.3 Å². The van der Waals surface area contributed by atoms with Crippen LogP contribution in [0, 0.1) is 0 Å². The highest BCUT2D eigenvalue weighted by atomic mass is 16.7. The van der Waals surface area contributed by atoms with Gasteiger partial charge in [0.1, 0.15) is 0 Å². The van der Waals surface area contributed by atoms with Gasteiger partial charge in [-0.25, -0.2) is 4.79 Å². The van der Waals surface area contributed by atoms with Gasteiger partial charge in [-0.3, -0.25) is 18.7 Å². The molecule has 1 saturated heterocycles. The summed E-state index contributed by atoms with van der Waals surface area (Å²) in [5, 5.41) is 10.3. The quantitative estimate of drug-likeness (QED) is 0.257. The van der Waals surface area contributed by atoms with Gasteiger partial charge in [0.05, 0.1) is 29.8 Å². The number of rotatable bonds is 7. The molecule has 2 aliphatic rings. The number of imidazole rings is 1. The number of amides is 1. The molecule has 0 aliphatic carbocycles. The highest BCUT2D eigenvalue weighted by Gasteiger charge is 2.34. The van der Waals surface area contributed by atoms with E-state index in [1.807, 2.05) is 89.6 Å². The summed E-state index contributed by atoms with van der Waals surface area (Å²) in [6, 6.07) is 22.9. The predicted molar refractivity (Wildman–Crippen MR) is 173 cm³/mol. The van der Waals surface area contributed by atoms with Gasteiger partial charge in [-0.05, 0) is 53.8 Å². The lowest BCUT2D eigenvalue weighted by atomic mass is 9.92. The van der Waals surface area contributed by atoms with Crippen molar-refractivity contribution in [2.45, 2.75) is 57.6 Å². The van der Waals surface area contributed by atoms with Crippen molar-refractivity contribution >= 4 is 33.8 Å². The molecule has 1 fully saturated rings. The smallest absolute Gasteiger partial charge is 0.326 e. The van der Waals surface area contributed by atoms with Gasteiger partial charge < -0.3 is 24.5 Å². The number of aliphatic hydroxyl groups is 1. The normalized spacial score (nSPS) is 18.9. The van der Waals surface area contributed by atoms with E-state index in [0.29, 0.717) is 32.4 Å². The lowest BCUT2D eigenvalue weighted by Gasteiger charge is -2.35. The Morgan fingerprint density at radius 2 is 1.65 bits per heavy atom. The molecule has 2 aliphatic heterocycles. The molecule has 2 N–H and O–H groups in total. The number of hydrogen-bond acceptors (Lipinski definition) is 6. The monoisotopic (exact) mass is 620 g/mol. The summed E-state index contributed by atoms with van der Waals surface area (Å²) in [6.07, 6.45) is 4.76. The Hall–Kier alpha value is -4.93. The maximum atomic E-state index is 14.0. The second-order valence-corrected chi connectivity index (χ2v) is 12.0. The SMILES string of the molecule is CC(=O)n1cc(C2C=C(C(=O)N3CCC(n4c(=O)[nH]c5ccccc54)CC3)OC(OCc3ccc(CO)cc3)C2)c2ccccc21. The van der Waals surface area contributed by atoms with Gasteiger partial charge in [0, 0.05) is 50.0 Å². The highest BCUT2D eigenvalue weighted by molar-refractivity contribution is 5.95. The molecule has 10 heteroatoms. The zero-order valence-electron chi connectivity index (χ0n) is 25.6. The average molecular weight is 621 g/mol. The molecule has 0 saturated carbocycles. The number of nitrogens with one attached hydrogen (secondary N) is 1. The van der Waals surface area contributed by atoms with E-state index in [4.69, 9.17) is 9.47 Å². The molecule has 3 aromatic carbocycles. The first-order valence-electron chi connectivity index (χ1n) is 15.7. The Labute approximate surface area is 265 Å². The molecule has 7 rings (SSSR count). The summed E-state index contributed by atoms with van der Waals surface area (Å²) in [5.74, 6) is -0.321. The number of H-pyrrole nitrogens is 1. The molecular formula is C36H36N4O6. The Bertz CT molecular complexity index is 1990. The van der Waals surface area contributed by atoms with E-state index >= 15 is 0 Å². The number of ether oxygens (including phenoxy) is 2. The first kappa shape index (κ1) is 29.8. The second kappa shape index (κ2) is 12.5. The summed E-state index contributed by atoms with van der Waals surface area (Å²) < 4.78 is 15.9. The second-order valence-electron chi connectivity index (χ2n) is 12.0. The zero-order valence-corrected chi connectivity index (χ0v) is 25.6. The van der Waals surface area contributed by atoms with Crippen LogP contribution in [0.5, 0.6) is 0 Å². The molecule has 5 aromatic rings. The van der Waals surface area contributed by atoms with Gasteiger partial charge in [-0.15, -0.1) is 0 Å². The minimum atomic E-state index is -0.701. The minimum Gasteiger partial charge on any atom is -0.459 e. The van der Waals surface area contributed by atoms with Crippen molar-refractivity contribution < 1.29 is 24.2 Å². The van der Waals surface area contributed by atoms with Crippen LogP contribution in [0.25, 0.3) is 21.9 Å². The molecule has 4 heterocycles. The number of piperidine rings is 1. The van der Waals surface area contributed by atoms with Crippen molar-refractivity contribution in [3.05, 3.63) is 118 Å². The Kier molecular flexibility index (Phi) is 8.06. The standard InChI is InChI=1S/C36H36N4O6/c1-23(42)39-20-29(28-6-2-4-8-31(28)39)26-18-33(46-34(19-26)45-22-25-12-10-24(21-41)11-13-25)35(43)38-16-14-27(15-17-38)40-32-9-5-3-7-30(32)37-36(40)44/h2-13,18,20,26-27,34,41H,14-17,19,21-22H2,1H3,(H,37,44). The topological polar surface area (TPSA) is 119 Å². The van der Waals surface area contributed by atoms with Crippen LogP contribution in [0.3, 0.4) is 0 Å². The molecule has 2 atom stereocenters. The number of nitrogens with zero attached hydrogens (tertiary/aromatic N) is 3. The van der Waals surface area contributed by atoms with Crippen LogP contribution in [0.15, 0.2) is 95.6 Å². The third-order valence-corrected chi connectivity index (χ3v) is 9.13. The fourth-order valence-electron chi connectivity index (χ4n) is 6.74. The van der Waals surface area contributed by atoms with Gasteiger partial charge >= 0.3 is 5.69 Å². The van der Waals surface area contributed by atoms with Crippen molar-refractivity contribution in [1.82, 2.24) is 19.0 Å². The zero-order chi connectivity index (χ0) is 31.8. The number of likely N-dealkylation sites (tertiary alicyclic amines) is 1. The number of hydrogen-bond donors (Lipinski definition) is 2. The van der Waals surface area contributed by atoms with E-state index in [1.54, 1.807) is 9.47 Å². The average Bonchev–Trinajstić information content (AvgIpc) is 3.65. The lowest BCUT2D eigenvalue weighted by Crippen LogP contribution is -2.42. The summed E-state index contributed by atoms with van der Waals surface area (Å²) >= 11 is 0. The summed E-state index contributed by atoms with van der Waals surface area (Å²) in [4.78, 5) is 44.0. The minimum absolute atomic E-state index is 0.0206. The predicted octanol–water partition coefficient (Wildman–Crippen LogP) is 5.23.